The molecule has 86 valence electrons. The first-order valence-electron chi connectivity index (χ1n) is 5.15. The Bertz CT molecular complexity index is 372. The standard InChI is InChI=1S/C9H17N3O3/c1-3-6(4-2)7(13)5-12-8(14)10-11-9(12)15/h6-7,13H,3-5H2,1-2H3,(H,10,14)(H,11,15). The molecule has 1 rings (SSSR count). The number of aliphatic hydroxyl groups is 1. The molecule has 1 heterocycles. The van der Waals surface area contributed by atoms with Gasteiger partial charge in [0, 0.05) is 0 Å². The molecule has 0 aromatic carbocycles. The van der Waals surface area contributed by atoms with Gasteiger partial charge >= 0.3 is 11.4 Å². The summed E-state index contributed by atoms with van der Waals surface area (Å²) < 4.78 is 0.975. The molecule has 0 spiro atoms. The molecule has 15 heavy (non-hydrogen) atoms. The quantitative estimate of drug-likeness (QED) is 0.627. The van der Waals surface area contributed by atoms with Gasteiger partial charge < -0.3 is 5.11 Å². The largest absolute Gasteiger partial charge is 0.391 e. The number of nitrogens with zero attached hydrogens (tertiary/aromatic N) is 1. The van der Waals surface area contributed by atoms with E-state index in [0.29, 0.717) is 0 Å². The summed E-state index contributed by atoms with van der Waals surface area (Å²) in [5.41, 5.74) is -1.02. The maximum Gasteiger partial charge on any atom is 0.344 e. The van der Waals surface area contributed by atoms with Crippen molar-refractivity contribution in [3.05, 3.63) is 21.0 Å². The van der Waals surface area contributed by atoms with E-state index in [1.165, 1.54) is 0 Å². The highest BCUT2D eigenvalue weighted by Gasteiger charge is 2.17. The Morgan fingerprint density at radius 2 is 1.67 bits per heavy atom. The van der Waals surface area contributed by atoms with E-state index in [9.17, 15) is 14.7 Å². The molecule has 1 unspecified atom stereocenters. The molecule has 6 heteroatoms. The highest BCUT2D eigenvalue weighted by Crippen LogP contribution is 2.13. The SMILES string of the molecule is CCC(CC)C(O)Cn1c(=O)[nH][nH]c1=O. The molecule has 0 bridgehead atoms. The van der Waals surface area contributed by atoms with Crippen LogP contribution in [0.3, 0.4) is 0 Å². The van der Waals surface area contributed by atoms with Crippen LogP contribution in [0.1, 0.15) is 26.7 Å². The van der Waals surface area contributed by atoms with Crippen molar-refractivity contribution in [1.82, 2.24) is 14.8 Å². The third-order valence-electron chi connectivity index (χ3n) is 2.73. The molecule has 1 aromatic heterocycles. The monoisotopic (exact) mass is 215 g/mol. The van der Waals surface area contributed by atoms with Crippen molar-refractivity contribution in [2.24, 2.45) is 5.92 Å². The molecular formula is C9H17N3O3. The summed E-state index contributed by atoms with van der Waals surface area (Å²) in [6.07, 6.45) is 0.998. The minimum atomic E-state index is -0.658. The lowest BCUT2D eigenvalue weighted by Gasteiger charge is -2.19. The summed E-state index contributed by atoms with van der Waals surface area (Å²) >= 11 is 0. The zero-order chi connectivity index (χ0) is 11.4. The number of nitrogens with one attached hydrogen (secondary N) is 2. The lowest BCUT2D eigenvalue weighted by Crippen LogP contribution is -2.35. The van der Waals surface area contributed by atoms with Gasteiger partial charge in [-0.15, -0.1) is 0 Å². The van der Waals surface area contributed by atoms with Crippen molar-refractivity contribution in [2.45, 2.75) is 39.3 Å². The summed E-state index contributed by atoms with van der Waals surface area (Å²) in [7, 11) is 0. The molecule has 3 N–H and O–H groups in total. The molecular weight excluding hydrogens is 198 g/mol. The van der Waals surface area contributed by atoms with Crippen LogP contribution in [-0.4, -0.2) is 26.0 Å². The van der Waals surface area contributed by atoms with Gasteiger partial charge in [0.15, 0.2) is 0 Å². The molecule has 0 saturated carbocycles. The molecule has 1 aromatic rings. The van der Waals surface area contributed by atoms with Gasteiger partial charge in [0.25, 0.3) is 0 Å². The highest BCUT2D eigenvalue weighted by molar-refractivity contribution is 4.72. The minimum Gasteiger partial charge on any atom is -0.391 e. The van der Waals surface area contributed by atoms with Crippen LogP contribution in [0.4, 0.5) is 0 Å². The zero-order valence-electron chi connectivity index (χ0n) is 8.99. The first-order valence-corrected chi connectivity index (χ1v) is 5.15. The fourth-order valence-corrected chi connectivity index (χ4v) is 1.67. The fraction of sp³-hybridized carbons (Fsp3) is 0.778. The van der Waals surface area contributed by atoms with Crippen molar-refractivity contribution in [3.63, 3.8) is 0 Å². The Labute approximate surface area is 86.9 Å². The van der Waals surface area contributed by atoms with Gasteiger partial charge in [-0.05, 0) is 5.92 Å². The van der Waals surface area contributed by atoms with Crippen LogP contribution in [0, 0.1) is 5.92 Å². The van der Waals surface area contributed by atoms with E-state index in [4.69, 9.17) is 0 Å². The maximum atomic E-state index is 11.1. The van der Waals surface area contributed by atoms with E-state index in [-0.39, 0.29) is 12.5 Å². The van der Waals surface area contributed by atoms with Crippen LogP contribution < -0.4 is 11.4 Å². The van der Waals surface area contributed by atoms with E-state index in [0.717, 1.165) is 17.4 Å². The minimum absolute atomic E-state index is 0.0456. The second-order valence-electron chi connectivity index (χ2n) is 3.61. The van der Waals surface area contributed by atoms with Crippen LogP contribution in [0.5, 0.6) is 0 Å². The summed E-state index contributed by atoms with van der Waals surface area (Å²) in [4.78, 5) is 22.3. The third kappa shape index (κ3) is 2.59. The third-order valence-corrected chi connectivity index (χ3v) is 2.73. The number of aromatic amines is 2. The van der Waals surface area contributed by atoms with Gasteiger partial charge in [-0.2, -0.15) is 0 Å². The normalized spacial score (nSPS) is 13.3. The lowest BCUT2D eigenvalue weighted by atomic mass is 9.96. The number of hydrogen-bond donors (Lipinski definition) is 3. The fourth-order valence-electron chi connectivity index (χ4n) is 1.67. The molecule has 1 atom stereocenters. The highest BCUT2D eigenvalue weighted by atomic mass is 16.3. The van der Waals surface area contributed by atoms with Gasteiger partial charge in [-0.1, -0.05) is 26.7 Å². The van der Waals surface area contributed by atoms with Crippen LogP contribution in [0.15, 0.2) is 9.59 Å². The molecule has 0 saturated heterocycles. The van der Waals surface area contributed by atoms with Crippen LogP contribution in [0.2, 0.25) is 0 Å². The van der Waals surface area contributed by atoms with Crippen molar-refractivity contribution in [1.29, 1.82) is 0 Å². The number of aromatic nitrogens is 3. The van der Waals surface area contributed by atoms with Crippen molar-refractivity contribution in [2.75, 3.05) is 0 Å². The number of aliphatic hydroxyl groups excluding tert-OH is 1. The molecule has 0 aliphatic carbocycles. The van der Waals surface area contributed by atoms with Crippen molar-refractivity contribution in [3.8, 4) is 0 Å². The number of H-pyrrole nitrogens is 2. The molecule has 6 nitrogen and oxygen atoms in total. The molecule has 0 amide bonds. The summed E-state index contributed by atoms with van der Waals surface area (Å²) in [5.74, 6) is 0.117. The van der Waals surface area contributed by atoms with Gasteiger partial charge in [0.2, 0.25) is 0 Å². The topological polar surface area (TPSA) is 90.9 Å². The second-order valence-corrected chi connectivity index (χ2v) is 3.61. The van der Waals surface area contributed by atoms with Crippen LogP contribution in [0.25, 0.3) is 0 Å². The van der Waals surface area contributed by atoms with E-state index in [1.54, 1.807) is 0 Å². The van der Waals surface area contributed by atoms with E-state index >= 15 is 0 Å². The molecule has 0 radical (unpaired) electrons. The van der Waals surface area contributed by atoms with E-state index < -0.39 is 17.5 Å². The van der Waals surface area contributed by atoms with Crippen LogP contribution >= 0.6 is 0 Å². The average molecular weight is 215 g/mol. The first-order chi connectivity index (χ1) is 7.10. The predicted molar refractivity (Wildman–Crippen MR) is 55.8 cm³/mol. The average Bonchev–Trinajstić information content (AvgIpc) is 2.51. The molecule has 0 aliphatic heterocycles. The summed E-state index contributed by atoms with van der Waals surface area (Å²) in [6, 6.07) is 0. The number of hydrogen-bond acceptors (Lipinski definition) is 3. The van der Waals surface area contributed by atoms with Crippen molar-refractivity contribution >= 4 is 0 Å². The molecule has 0 fully saturated rings. The smallest absolute Gasteiger partial charge is 0.344 e. The Balaban J connectivity index is 2.78. The Kier molecular flexibility index (Phi) is 3.90. The Morgan fingerprint density at radius 3 is 2.07 bits per heavy atom. The maximum absolute atomic E-state index is 11.1. The van der Waals surface area contributed by atoms with Crippen LogP contribution in [-0.2, 0) is 6.54 Å². The van der Waals surface area contributed by atoms with E-state index in [1.807, 2.05) is 13.8 Å². The predicted octanol–water partition coefficient (Wildman–Crippen LogP) is -0.338. The zero-order valence-corrected chi connectivity index (χ0v) is 8.99. The summed E-state index contributed by atoms with van der Waals surface area (Å²) in [6.45, 7) is 3.99. The van der Waals surface area contributed by atoms with Crippen molar-refractivity contribution < 1.29 is 5.11 Å². The Hall–Kier alpha value is -1.30. The summed E-state index contributed by atoms with van der Waals surface area (Å²) in [5, 5.41) is 14.2. The van der Waals surface area contributed by atoms with Gasteiger partial charge in [-0.3, -0.25) is 0 Å². The lowest BCUT2D eigenvalue weighted by molar-refractivity contribution is 0.0839. The van der Waals surface area contributed by atoms with Gasteiger partial charge in [0.05, 0.1) is 12.6 Å². The van der Waals surface area contributed by atoms with Gasteiger partial charge in [-0.25, -0.2) is 24.4 Å². The van der Waals surface area contributed by atoms with E-state index in [2.05, 4.69) is 10.2 Å². The Morgan fingerprint density at radius 1 is 1.20 bits per heavy atom. The van der Waals surface area contributed by atoms with Gasteiger partial charge in [0.1, 0.15) is 0 Å². The number of rotatable bonds is 5. The molecule has 0 aliphatic rings. The second kappa shape index (κ2) is 4.97. The first kappa shape index (κ1) is 11.8.